The van der Waals surface area contributed by atoms with Gasteiger partial charge in [0.2, 0.25) is 5.91 Å². The number of benzene rings is 1. The van der Waals surface area contributed by atoms with Crippen LogP contribution < -0.4 is 16.0 Å². The number of rotatable bonds is 4. The van der Waals surface area contributed by atoms with Crippen molar-refractivity contribution in [1.82, 2.24) is 15.3 Å². The highest BCUT2D eigenvalue weighted by atomic mass is 16.2. The number of anilines is 2. The molecule has 0 aliphatic rings. The Labute approximate surface area is 118 Å². The van der Waals surface area contributed by atoms with Crippen LogP contribution in [-0.2, 0) is 4.79 Å². The summed E-state index contributed by atoms with van der Waals surface area (Å²) in [5.41, 5.74) is 7.42. The fourth-order valence-electron chi connectivity index (χ4n) is 1.94. The summed E-state index contributed by atoms with van der Waals surface area (Å²) in [6.07, 6.45) is 0. The number of carbonyl (C=O) groups excluding carboxylic acids is 1. The van der Waals surface area contributed by atoms with Crippen molar-refractivity contribution in [2.75, 3.05) is 24.2 Å². The summed E-state index contributed by atoms with van der Waals surface area (Å²) in [5, 5.41) is 2.83. The second-order valence-corrected chi connectivity index (χ2v) is 5.00. The van der Waals surface area contributed by atoms with Crippen LogP contribution in [0.3, 0.4) is 0 Å². The van der Waals surface area contributed by atoms with Gasteiger partial charge in [0.1, 0.15) is 0 Å². The lowest BCUT2D eigenvalue weighted by molar-refractivity contribution is -0.120. The summed E-state index contributed by atoms with van der Waals surface area (Å²) in [5.74, 6) is 0.767. The SMILES string of the molecule is CC(C)NC(=O)CN(C)c1nc2ccccc2nc1N. The number of nitrogen functional groups attached to an aromatic ring is 1. The van der Waals surface area contributed by atoms with Crippen molar-refractivity contribution in [1.29, 1.82) is 0 Å². The normalized spacial score (nSPS) is 10.8. The number of carbonyl (C=O) groups is 1. The molecule has 1 aromatic carbocycles. The molecule has 0 spiro atoms. The van der Waals surface area contributed by atoms with E-state index in [9.17, 15) is 4.79 Å². The highest BCUT2D eigenvalue weighted by Gasteiger charge is 2.14. The van der Waals surface area contributed by atoms with Crippen LogP contribution in [0.15, 0.2) is 24.3 Å². The van der Waals surface area contributed by atoms with Crippen molar-refractivity contribution in [3.8, 4) is 0 Å². The number of fused-ring (bicyclic) bond motifs is 1. The van der Waals surface area contributed by atoms with E-state index in [1.807, 2.05) is 38.1 Å². The number of aromatic nitrogens is 2. The molecule has 0 fully saturated rings. The number of nitrogens with zero attached hydrogens (tertiary/aromatic N) is 3. The Hall–Kier alpha value is -2.37. The van der Waals surface area contributed by atoms with E-state index in [0.717, 1.165) is 11.0 Å². The number of para-hydroxylation sites is 2. The van der Waals surface area contributed by atoms with Gasteiger partial charge in [-0.05, 0) is 26.0 Å². The van der Waals surface area contributed by atoms with Gasteiger partial charge in [-0.2, -0.15) is 0 Å². The number of hydrogen-bond acceptors (Lipinski definition) is 5. The van der Waals surface area contributed by atoms with E-state index in [0.29, 0.717) is 11.6 Å². The maximum atomic E-state index is 11.8. The average molecular weight is 273 g/mol. The Bertz CT molecular complexity index is 626. The fraction of sp³-hybridized carbons (Fsp3) is 0.357. The fourth-order valence-corrected chi connectivity index (χ4v) is 1.94. The minimum absolute atomic E-state index is 0.0724. The Morgan fingerprint density at radius 2 is 1.90 bits per heavy atom. The summed E-state index contributed by atoms with van der Waals surface area (Å²) < 4.78 is 0. The van der Waals surface area contributed by atoms with Crippen LogP contribution in [-0.4, -0.2) is 35.5 Å². The number of amides is 1. The van der Waals surface area contributed by atoms with Gasteiger partial charge in [0.15, 0.2) is 11.6 Å². The lowest BCUT2D eigenvalue weighted by Crippen LogP contribution is -2.39. The molecule has 6 nitrogen and oxygen atoms in total. The topological polar surface area (TPSA) is 84.1 Å². The van der Waals surface area contributed by atoms with Crippen LogP contribution >= 0.6 is 0 Å². The van der Waals surface area contributed by atoms with Gasteiger partial charge in [-0.15, -0.1) is 0 Å². The molecular formula is C14H19N5O. The van der Waals surface area contributed by atoms with Crippen LogP contribution in [0.25, 0.3) is 11.0 Å². The summed E-state index contributed by atoms with van der Waals surface area (Å²) in [4.78, 5) is 22.2. The zero-order chi connectivity index (χ0) is 14.7. The first-order valence-electron chi connectivity index (χ1n) is 6.50. The maximum Gasteiger partial charge on any atom is 0.239 e. The first kappa shape index (κ1) is 14.0. The van der Waals surface area contributed by atoms with E-state index in [1.54, 1.807) is 11.9 Å². The summed E-state index contributed by atoms with van der Waals surface area (Å²) >= 11 is 0. The number of likely N-dealkylation sites (N-methyl/N-ethyl adjacent to an activating group) is 1. The highest BCUT2D eigenvalue weighted by molar-refractivity contribution is 5.84. The molecule has 2 rings (SSSR count). The third-order valence-electron chi connectivity index (χ3n) is 2.77. The van der Waals surface area contributed by atoms with Crippen molar-refractivity contribution in [3.05, 3.63) is 24.3 Å². The van der Waals surface area contributed by atoms with Gasteiger partial charge in [0.05, 0.1) is 17.6 Å². The monoisotopic (exact) mass is 273 g/mol. The number of hydrogen-bond donors (Lipinski definition) is 2. The van der Waals surface area contributed by atoms with Crippen LogP contribution in [0.5, 0.6) is 0 Å². The van der Waals surface area contributed by atoms with Crippen molar-refractivity contribution in [2.24, 2.45) is 0 Å². The minimum atomic E-state index is -0.0724. The standard InChI is InChI=1S/C14H19N5O/c1-9(2)16-12(20)8-19(3)14-13(15)17-10-6-4-5-7-11(10)18-14/h4-7,9H,8H2,1-3H3,(H2,15,17)(H,16,20). The lowest BCUT2D eigenvalue weighted by Gasteiger charge is -2.20. The summed E-state index contributed by atoms with van der Waals surface area (Å²) in [7, 11) is 1.77. The Kier molecular flexibility index (Phi) is 4.02. The van der Waals surface area contributed by atoms with Gasteiger partial charge in [-0.3, -0.25) is 4.79 Å². The van der Waals surface area contributed by atoms with Crippen molar-refractivity contribution >= 4 is 28.6 Å². The maximum absolute atomic E-state index is 11.8. The molecule has 1 heterocycles. The van der Waals surface area contributed by atoms with Crippen LogP contribution in [0.4, 0.5) is 11.6 Å². The van der Waals surface area contributed by atoms with E-state index in [-0.39, 0.29) is 18.5 Å². The third-order valence-corrected chi connectivity index (χ3v) is 2.77. The van der Waals surface area contributed by atoms with Crippen molar-refractivity contribution < 1.29 is 4.79 Å². The Morgan fingerprint density at radius 3 is 2.50 bits per heavy atom. The van der Waals surface area contributed by atoms with Gasteiger partial charge >= 0.3 is 0 Å². The molecule has 0 bridgehead atoms. The largest absolute Gasteiger partial charge is 0.381 e. The number of nitrogens with two attached hydrogens (primary N) is 1. The van der Waals surface area contributed by atoms with Gasteiger partial charge in [-0.25, -0.2) is 9.97 Å². The number of nitrogens with one attached hydrogen (secondary N) is 1. The molecule has 6 heteroatoms. The van der Waals surface area contributed by atoms with Gasteiger partial charge in [0.25, 0.3) is 0 Å². The molecule has 0 saturated carbocycles. The predicted octanol–water partition coefficient (Wildman–Crippen LogP) is 1.17. The Morgan fingerprint density at radius 1 is 1.30 bits per heavy atom. The minimum Gasteiger partial charge on any atom is -0.381 e. The molecule has 0 radical (unpaired) electrons. The Balaban J connectivity index is 2.23. The molecule has 3 N–H and O–H groups in total. The molecule has 1 amide bonds. The van der Waals surface area contributed by atoms with Gasteiger partial charge in [0, 0.05) is 13.1 Å². The van der Waals surface area contributed by atoms with Crippen LogP contribution in [0.2, 0.25) is 0 Å². The molecule has 0 unspecified atom stereocenters. The molecule has 106 valence electrons. The molecule has 20 heavy (non-hydrogen) atoms. The van der Waals surface area contributed by atoms with Crippen LogP contribution in [0, 0.1) is 0 Å². The van der Waals surface area contributed by atoms with E-state index in [4.69, 9.17) is 5.73 Å². The molecule has 0 saturated heterocycles. The summed E-state index contributed by atoms with van der Waals surface area (Å²) in [6.45, 7) is 4.03. The lowest BCUT2D eigenvalue weighted by atomic mass is 10.3. The molecule has 0 aliphatic heterocycles. The first-order chi connectivity index (χ1) is 9.47. The van der Waals surface area contributed by atoms with Gasteiger partial charge in [-0.1, -0.05) is 12.1 Å². The smallest absolute Gasteiger partial charge is 0.239 e. The van der Waals surface area contributed by atoms with E-state index < -0.39 is 0 Å². The zero-order valence-corrected chi connectivity index (χ0v) is 11.9. The second kappa shape index (κ2) is 5.73. The molecule has 0 aliphatic carbocycles. The molecule has 2 aromatic rings. The van der Waals surface area contributed by atoms with E-state index >= 15 is 0 Å². The van der Waals surface area contributed by atoms with Gasteiger partial charge < -0.3 is 16.0 Å². The zero-order valence-electron chi connectivity index (χ0n) is 11.9. The second-order valence-electron chi connectivity index (χ2n) is 5.00. The van der Waals surface area contributed by atoms with Crippen LogP contribution in [0.1, 0.15) is 13.8 Å². The van der Waals surface area contributed by atoms with Crippen molar-refractivity contribution in [3.63, 3.8) is 0 Å². The third kappa shape index (κ3) is 3.14. The molecule has 1 aromatic heterocycles. The quantitative estimate of drug-likeness (QED) is 0.873. The molecule has 0 atom stereocenters. The van der Waals surface area contributed by atoms with E-state index in [2.05, 4.69) is 15.3 Å². The predicted molar refractivity (Wildman–Crippen MR) is 80.5 cm³/mol. The first-order valence-corrected chi connectivity index (χ1v) is 6.50. The van der Waals surface area contributed by atoms with Crippen molar-refractivity contribution in [2.45, 2.75) is 19.9 Å². The average Bonchev–Trinajstić information content (AvgIpc) is 2.36. The van der Waals surface area contributed by atoms with E-state index in [1.165, 1.54) is 0 Å². The highest BCUT2D eigenvalue weighted by Crippen LogP contribution is 2.20. The molecular weight excluding hydrogens is 254 g/mol. The summed E-state index contributed by atoms with van der Waals surface area (Å²) in [6, 6.07) is 7.61.